The maximum absolute atomic E-state index is 12.2. The number of nitrogens with zero attached hydrogens (tertiary/aromatic N) is 2. The molecule has 1 heterocycles. The molecule has 8 nitrogen and oxygen atoms in total. The number of methoxy groups -OCH3 is 2. The van der Waals surface area contributed by atoms with Crippen molar-refractivity contribution >= 4 is 23.6 Å². The Bertz CT molecular complexity index is 1050. The summed E-state index contributed by atoms with van der Waals surface area (Å²) < 4.78 is 12.0. The molecule has 3 aromatic rings. The molecule has 0 aliphatic rings. The van der Waals surface area contributed by atoms with Gasteiger partial charge in [-0.2, -0.15) is 5.10 Å². The van der Waals surface area contributed by atoms with Crippen LogP contribution in [0.1, 0.15) is 16.1 Å². The maximum Gasteiger partial charge on any atom is 0.269 e. The van der Waals surface area contributed by atoms with Crippen molar-refractivity contribution in [1.82, 2.24) is 9.78 Å². The summed E-state index contributed by atoms with van der Waals surface area (Å²) in [5.74, 6) is 0.415. The predicted molar refractivity (Wildman–Crippen MR) is 109 cm³/mol. The van der Waals surface area contributed by atoms with E-state index in [9.17, 15) is 9.59 Å². The molecule has 2 aromatic carbocycles. The lowest BCUT2D eigenvalue weighted by atomic mass is 10.1. The topological polar surface area (TPSA) is 108 Å². The van der Waals surface area contributed by atoms with Crippen molar-refractivity contribution < 1.29 is 19.1 Å². The maximum atomic E-state index is 12.2. The van der Waals surface area contributed by atoms with Crippen molar-refractivity contribution in [3.8, 4) is 17.2 Å². The summed E-state index contributed by atoms with van der Waals surface area (Å²) in [6, 6.07) is 13.9. The fourth-order valence-corrected chi connectivity index (χ4v) is 2.62. The van der Waals surface area contributed by atoms with Crippen molar-refractivity contribution in [3.63, 3.8) is 0 Å². The Balaban J connectivity index is 1.68. The third-order valence-corrected chi connectivity index (χ3v) is 4.09. The molecule has 0 aliphatic carbocycles. The smallest absolute Gasteiger partial charge is 0.269 e. The highest BCUT2D eigenvalue weighted by Gasteiger charge is 2.07. The van der Waals surface area contributed by atoms with Gasteiger partial charge in [-0.15, -0.1) is 0 Å². The number of nitrogens with one attached hydrogen (secondary N) is 1. The van der Waals surface area contributed by atoms with Crippen LogP contribution in [-0.2, 0) is 4.79 Å². The van der Waals surface area contributed by atoms with Gasteiger partial charge in [-0.05, 0) is 54.6 Å². The number of primary amides is 1. The van der Waals surface area contributed by atoms with E-state index in [1.807, 2.05) is 0 Å². The number of aromatic nitrogens is 2. The van der Waals surface area contributed by atoms with Crippen LogP contribution in [0.15, 0.2) is 60.8 Å². The molecule has 0 saturated heterocycles. The average molecular weight is 392 g/mol. The third-order valence-electron chi connectivity index (χ3n) is 4.09. The minimum absolute atomic E-state index is 0.181. The Morgan fingerprint density at radius 2 is 1.83 bits per heavy atom. The standard InChI is InChI=1S/C21H20N4O4/c1-28-17-8-9-19(29-2)14(13-17)3-10-20(26)23-15-4-6-16(7-5-15)25-12-11-18(24-25)21(22)27/h3-13H,1-2H3,(H2,22,27)(H,23,26)/b10-3+. The van der Waals surface area contributed by atoms with E-state index in [0.29, 0.717) is 17.2 Å². The van der Waals surface area contributed by atoms with Crippen LogP contribution < -0.4 is 20.5 Å². The van der Waals surface area contributed by atoms with Gasteiger partial charge in [-0.3, -0.25) is 9.59 Å². The fourth-order valence-electron chi connectivity index (χ4n) is 2.62. The molecule has 1 aromatic heterocycles. The van der Waals surface area contributed by atoms with E-state index in [1.54, 1.807) is 69.0 Å². The van der Waals surface area contributed by atoms with Gasteiger partial charge in [0.05, 0.1) is 19.9 Å². The zero-order valence-electron chi connectivity index (χ0n) is 16.0. The minimum atomic E-state index is -0.591. The summed E-state index contributed by atoms with van der Waals surface area (Å²) in [6.45, 7) is 0. The highest BCUT2D eigenvalue weighted by atomic mass is 16.5. The number of amides is 2. The molecule has 148 valence electrons. The molecule has 3 rings (SSSR count). The second-order valence-electron chi connectivity index (χ2n) is 5.99. The fraction of sp³-hybridized carbons (Fsp3) is 0.0952. The van der Waals surface area contributed by atoms with Gasteiger partial charge in [-0.1, -0.05) is 0 Å². The van der Waals surface area contributed by atoms with Gasteiger partial charge in [0, 0.05) is 23.5 Å². The molecule has 0 saturated carbocycles. The Kier molecular flexibility index (Phi) is 5.94. The zero-order valence-corrected chi connectivity index (χ0v) is 16.0. The lowest BCUT2D eigenvalue weighted by molar-refractivity contribution is -0.111. The molecular formula is C21H20N4O4. The molecule has 0 fully saturated rings. The summed E-state index contributed by atoms with van der Waals surface area (Å²) in [4.78, 5) is 23.4. The second-order valence-corrected chi connectivity index (χ2v) is 5.99. The molecule has 2 amide bonds. The van der Waals surface area contributed by atoms with E-state index < -0.39 is 5.91 Å². The van der Waals surface area contributed by atoms with Gasteiger partial charge >= 0.3 is 0 Å². The number of carbonyl (C=O) groups is 2. The summed E-state index contributed by atoms with van der Waals surface area (Å²) >= 11 is 0. The largest absolute Gasteiger partial charge is 0.497 e. The van der Waals surface area contributed by atoms with Crippen LogP contribution >= 0.6 is 0 Å². The Labute approximate surface area is 167 Å². The molecule has 0 aliphatic heterocycles. The monoisotopic (exact) mass is 392 g/mol. The van der Waals surface area contributed by atoms with Crippen molar-refractivity contribution in [1.29, 1.82) is 0 Å². The first-order valence-electron chi connectivity index (χ1n) is 8.67. The molecule has 0 unspecified atom stereocenters. The summed E-state index contributed by atoms with van der Waals surface area (Å²) in [5, 5.41) is 6.86. The van der Waals surface area contributed by atoms with Gasteiger partial charge in [0.15, 0.2) is 0 Å². The number of anilines is 1. The van der Waals surface area contributed by atoms with Gasteiger partial charge in [-0.25, -0.2) is 4.68 Å². The molecule has 3 N–H and O–H groups in total. The van der Waals surface area contributed by atoms with E-state index in [1.165, 1.54) is 16.8 Å². The molecular weight excluding hydrogens is 372 g/mol. The number of ether oxygens (including phenoxy) is 2. The SMILES string of the molecule is COc1ccc(OC)c(/C=C/C(=O)Nc2ccc(-n3ccc(C(N)=O)n3)cc2)c1. The highest BCUT2D eigenvalue weighted by molar-refractivity contribution is 6.02. The van der Waals surface area contributed by atoms with E-state index in [-0.39, 0.29) is 11.6 Å². The third kappa shape index (κ3) is 4.81. The molecule has 8 heteroatoms. The van der Waals surface area contributed by atoms with Gasteiger partial charge < -0.3 is 20.5 Å². The molecule has 29 heavy (non-hydrogen) atoms. The van der Waals surface area contributed by atoms with E-state index >= 15 is 0 Å². The Hall–Kier alpha value is -4.07. The van der Waals surface area contributed by atoms with Gasteiger partial charge in [0.2, 0.25) is 5.91 Å². The molecule has 0 radical (unpaired) electrons. The summed E-state index contributed by atoms with van der Waals surface area (Å²) in [6.07, 6.45) is 4.70. The predicted octanol–water partition coefficient (Wildman–Crippen LogP) is 2.64. The van der Waals surface area contributed by atoms with Crippen LogP contribution in [-0.4, -0.2) is 35.8 Å². The number of rotatable bonds is 7. The van der Waals surface area contributed by atoms with Gasteiger partial charge in [0.1, 0.15) is 17.2 Å². The quantitative estimate of drug-likeness (QED) is 0.601. The lowest BCUT2D eigenvalue weighted by Crippen LogP contribution is -2.12. The number of hydrogen-bond acceptors (Lipinski definition) is 5. The summed E-state index contributed by atoms with van der Waals surface area (Å²) in [5.41, 5.74) is 7.45. The highest BCUT2D eigenvalue weighted by Crippen LogP contribution is 2.25. The average Bonchev–Trinajstić information content (AvgIpc) is 3.23. The molecule has 0 bridgehead atoms. The van der Waals surface area contributed by atoms with Crippen LogP contribution in [0.3, 0.4) is 0 Å². The Morgan fingerprint density at radius 3 is 2.45 bits per heavy atom. The first-order chi connectivity index (χ1) is 14.0. The number of carbonyl (C=O) groups excluding carboxylic acids is 2. The van der Waals surface area contributed by atoms with Crippen molar-refractivity contribution in [2.24, 2.45) is 5.73 Å². The Morgan fingerprint density at radius 1 is 1.07 bits per heavy atom. The van der Waals surface area contributed by atoms with Crippen LogP contribution in [0.5, 0.6) is 11.5 Å². The van der Waals surface area contributed by atoms with E-state index in [4.69, 9.17) is 15.2 Å². The van der Waals surface area contributed by atoms with Crippen molar-refractivity contribution in [2.75, 3.05) is 19.5 Å². The second kappa shape index (κ2) is 8.75. The number of nitrogens with two attached hydrogens (primary N) is 1. The molecule has 0 spiro atoms. The van der Waals surface area contributed by atoms with E-state index in [0.717, 1.165) is 11.3 Å². The van der Waals surface area contributed by atoms with Gasteiger partial charge in [0.25, 0.3) is 5.91 Å². The minimum Gasteiger partial charge on any atom is -0.497 e. The van der Waals surface area contributed by atoms with Crippen molar-refractivity contribution in [3.05, 3.63) is 72.1 Å². The number of benzene rings is 2. The number of hydrogen-bond donors (Lipinski definition) is 2. The van der Waals surface area contributed by atoms with E-state index in [2.05, 4.69) is 10.4 Å². The first-order valence-corrected chi connectivity index (χ1v) is 8.67. The molecule has 0 atom stereocenters. The van der Waals surface area contributed by atoms with Crippen LogP contribution in [0.2, 0.25) is 0 Å². The lowest BCUT2D eigenvalue weighted by Gasteiger charge is -2.07. The zero-order chi connectivity index (χ0) is 20.8. The van der Waals surface area contributed by atoms with Crippen LogP contribution in [0.4, 0.5) is 5.69 Å². The van der Waals surface area contributed by atoms with Crippen LogP contribution in [0.25, 0.3) is 11.8 Å². The normalized spacial score (nSPS) is 10.7. The van der Waals surface area contributed by atoms with Crippen LogP contribution in [0, 0.1) is 0 Å². The summed E-state index contributed by atoms with van der Waals surface area (Å²) in [7, 11) is 3.14. The van der Waals surface area contributed by atoms with Crippen molar-refractivity contribution in [2.45, 2.75) is 0 Å². The first kappa shape index (κ1) is 19.7.